The van der Waals surface area contributed by atoms with Gasteiger partial charge in [0.2, 0.25) is 0 Å². The summed E-state index contributed by atoms with van der Waals surface area (Å²) in [7, 11) is 0. The lowest BCUT2D eigenvalue weighted by Crippen LogP contribution is -2.68. The van der Waals surface area contributed by atoms with E-state index in [1.807, 2.05) is 4.90 Å². The van der Waals surface area contributed by atoms with Crippen LogP contribution in [0.15, 0.2) is 18.3 Å². The second-order valence-corrected chi connectivity index (χ2v) is 7.26. The van der Waals surface area contributed by atoms with Crippen molar-refractivity contribution in [2.75, 3.05) is 13.2 Å². The number of aromatic nitrogens is 1. The topological polar surface area (TPSA) is 46.5 Å². The van der Waals surface area contributed by atoms with Crippen LogP contribution in [0.3, 0.4) is 0 Å². The van der Waals surface area contributed by atoms with Crippen molar-refractivity contribution in [3.05, 3.63) is 24.0 Å². The van der Waals surface area contributed by atoms with Gasteiger partial charge in [-0.1, -0.05) is 6.42 Å². The van der Waals surface area contributed by atoms with Gasteiger partial charge in [-0.25, -0.2) is 4.79 Å². The molecule has 2 heterocycles. The summed E-state index contributed by atoms with van der Waals surface area (Å²) in [5, 5.41) is 3.32. The van der Waals surface area contributed by atoms with Crippen LogP contribution in [0, 0.1) is 5.41 Å². The Bertz CT molecular complexity index is 593. The summed E-state index contributed by atoms with van der Waals surface area (Å²) in [5.41, 5.74) is 1.45. The van der Waals surface area contributed by atoms with Crippen LogP contribution in [0.4, 0.5) is 4.79 Å². The first kappa shape index (κ1) is 15.1. The monoisotopic (exact) mass is 317 g/mol. The predicted octanol–water partition coefficient (Wildman–Crippen LogP) is 2.92. The van der Waals surface area contributed by atoms with Gasteiger partial charge in [0.25, 0.3) is 0 Å². The highest BCUT2D eigenvalue weighted by molar-refractivity contribution is 5.75. The zero-order chi connectivity index (χ0) is 16.0. The van der Waals surface area contributed by atoms with Crippen LogP contribution in [0.25, 0.3) is 0 Å². The van der Waals surface area contributed by atoms with E-state index in [1.54, 1.807) is 0 Å². The van der Waals surface area contributed by atoms with Crippen LogP contribution in [-0.2, 0) is 11.3 Å². The van der Waals surface area contributed by atoms with E-state index in [-0.39, 0.29) is 17.5 Å². The van der Waals surface area contributed by atoms with Crippen LogP contribution in [0.5, 0.6) is 0 Å². The molecule has 2 fully saturated rings. The minimum atomic E-state index is 0.0937. The van der Waals surface area contributed by atoms with Crippen LogP contribution >= 0.6 is 0 Å². The molecule has 0 aromatic carbocycles. The number of carbonyl (C=O) groups is 1. The van der Waals surface area contributed by atoms with Gasteiger partial charge in [-0.15, -0.1) is 0 Å². The molecule has 0 unspecified atom stereocenters. The van der Waals surface area contributed by atoms with Gasteiger partial charge in [0.1, 0.15) is 0 Å². The summed E-state index contributed by atoms with van der Waals surface area (Å²) >= 11 is 0. The average molecular weight is 317 g/mol. The minimum Gasteiger partial charge on any atom is -0.378 e. The molecule has 3 atom stereocenters. The summed E-state index contributed by atoms with van der Waals surface area (Å²) in [5.74, 6) is 0. The Morgan fingerprint density at radius 2 is 2.26 bits per heavy atom. The first-order chi connectivity index (χ1) is 11.2. The summed E-state index contributed by atoms with van der Waals surface area (Å²) < 4.78 is 8.13. The Balaban J connectivity index is 1.41. The highest BCUT2D eigenvalue weighted by Gasteiger charge is 2.59. The van der Waals surface area contributed by atoms with Crippen LogP contribution in [0.1, 0.15) is 51.3 Å². The molecular weight excluding hydrogens is 290 g/mol. The molecule has 0 radical (unpaired) electrons. The summed E-state index contributed by atoms with van der Waals surface area (Å²) in [6.45, 7) is 6.62. The number of amides is 2. The number of hydrogen-bond donors (Lipinski definition) is 1. The van der Waals surface area contributed by atoms with Gasteiger partial charge in [-0.05, 0) is 45.2 Å². The van der Waals surface area contributed by atoms with E-state index in [0.717, 1.165) is 26.1 Å². The molecule has 2 saturated carbocycles. The molecule has 5 heteroatoms. The first-order valence-electron chi connectivity index (χ1n) is 8.99. The molecule has 3 aliphatic rings. The first-order valence-corrected chi connectivity index (χ1v) is 8.99. The average Bonchev–Trinajstić information content (AvgIpc) is 2.94. The molecule has 0 bridgehead atoms. The number of hydrogen-bond acceptors (Lipinski definition) is 2. The van der Waals surface area contributed by atoms with Crippen LogP contribution in [0.2, 0.25) is 0 Å². The van der Waals surface area contributed by atoms with Crippen LogP contribution < -0.4 is 5.32 Å². The number of urea groups is 1. The van der Waals surface area contributed by atoms with Crippen molar-refractivity contribution in [1.82, 2.24) is 14.8 Å². The Kier molecular flexibility index (Phi) is 3.63. The molecule has 1 aromatic rings. The molecule has 1 spiro atoms. The van der Waals surface area contributed by atoms with E-state index in [0.29, 0.717) is 12.1 Å². The fourth-order valence-corrected chi connectivity index (χ4v) is 4.73. The fraction of sp³-hybridized carbons (Fsp3) is 0.722. The second-order valence-electron chi connectivity index (χ2n) is 7.26. The number of fused-ring (bicyclic) bond motifs is 1. The number of carbonyl (C=O) groups excluding carboxylic acids is 1. The van der Waals surface area contributed by atoms with E-state index in [2.05, 4.69) is 42.1 Å². The maximum atomic E-state index is 12.8. The second kappa shape index (κ2) is 5.55. The molecule has 0 saturated heterocycles. The fourth-order valence-electron chi connectivity index (χ4n) is 4.73. The standard InChI is InChI=1S/C18H27N3O2/c1-3-23-16-12-15(18(16)7-5-8-18)19-17(22)21-11-10-20-9-4-6-14(20)13(21)2/h4,6,9,13,15-16H,3,5,7-8,10-12H2,1-2H3,(H,19,22)/t13-,15+,16+/m0/s1. The maximum absolute atomic E-state index is 12.8. The molecule has 5 nitrogen and oxygen atoms in total. The molecule has 2 amide bonds. The van der Waals surface area contributed by atoms with Gasteiger partial charge in [0.15, 0.2) is 0 Å². The Labute approximate surface area is 138 Å². The Hall–Kier alpha value is -1.49. The summed E-state index contributed by atoms with van der Waals surface area (Å²) in [4.78, 5) is 14.8. The summed E-state index contributed by atoms with van der Waals surface area (Å²) in [6.07, 6.45) is 7.08. The SMILES string of the molecule is CCO[C@@H]1C[C@@H](NC(=O)N2CCn3cccc3[C@@H]2C)C12CCC2. The van der Waals surface area contributed by atoms with Crippen molar-refractivity contribution in [3.63, 3.8) is 0 Å². The van der Waals surface area contributed by atoms with Gasteiger partial charge in [0, 0.05) is 43.0 Å². The molecular formula is C18H27N3O2. The quantitative estimate of drug-likeness (QED) is 0.932. The lowest BCUT2D eigenvalue weighted by atomic mass is 9.51. The normalized spacial score (nSPS) is 31.2. The van der Waals surface area contributed by atoms with Crippen LogP contribution in [-0.4, -0.2) is 40.8 Å². The molecule has 1 N–H and O–H groups in total. The number of ether oxygens (including phenoxy) is 1. The third-order valence-electron chi connectivity index (χ3n) is 6.34. The van der Waals surface area contributed by atoms with Gasteiger partial charge in [0.05, 0.1) is 12.1 Å². The third kappa shape index (κ3) is 2.20. The van der Waals surface area contributed by atoms with Crippen molar-refractivity contribution >= 4 is 6.03 Å². The maximum Gasteiger partial charge on any atom is 0.318 e. The highest BCUT2D eigenvalue weighted by atomic mass is 16.5. The largest absolute Gasteiger partial charge is 0.378 e. The molecule has 23 heavy (non-hydrogen) atoms. The van der Waals surface area contributed by atoms with Crippen molar-refractivity contribution < 1.29 is 9.53 Å². The molecule has 2 aliphatic carbocycles. The van der Waals surface area contributed by atoms with E-state index in [4.69, 9.17) is 4.74 Å². The van der Waals surface area contributed by atoms with Gasteiger partial charge in [-0.2, -0.15) is 0 Å². The molecule has 126 valence electrons. The van der Waals surface area contributed by atoms with E-state index < -0.39 is 0 Å². The Morgan fingerprint density at radius 3 is 2.96 bits per heavy atom. The zero-order valence-electron chi connectivity index (χ0n) is 14.1. The van der Waals surface area contributed by atoms with Crippen molar-refractivity contribution in [1.29, 1.82) is 0 Å². The van der Waals surface area contributed by atoms with Gasteiger partial charge >= 0.3 is 6.03 Å². The highest BCUT2D eigenvalue weighted by Crippen LogP contribution is 2.57. The van der Waals surface area contributed by atoms with E-state index in [1.165, 1.54) is 25.0 Å². The number of nitrogens with one attached hydrogen (secondary N) is 1. The zero-order valence-corrected chi connectivity index (χ0v) is 14.1. The minimum absolute atomic E-state index is 0.0937. The summed E-state index contributed by atoms with van der Waals surface area (Å²) in [6, 6.07) is 4.71. The predicted molar refractivity (Wildman–Crippen MR) is 88.2 cm³/mol. The Morgan fingerprint density at radius 1 is 1.43 bits per heavy atom. The lowest BCUT2D eigenvalue weighted by molar-refractivity contribution is -0.170. The van der Waals surface area contributed by atoms with Crippen molar-refractivity contribution in [3.8, 4) is 0 Å². The van der Waals surface area contributed by atoms with E-state index >= 15 is 0 Å². The third-order valence-corrected chi connectivity index (χ3v) is 6.34. The number of nitrogens with zero attached hydrogens (tertiary/aromatic N) is 2. The molecule has 4 rings (SSSR count). The molecule has 1 aliphatic heterocycles. The number of rotatable bonds is 3. The van der Waals surface area contributed by atoms with Crippen molar-refractivity contribution in [2.45, 2.75) is 64.3 Å². The lowest BCUT2D eigenvalue weighted by Gasteiger charge is -2.61. The smallest absolute Gasteiger partial charge is 0.318 e. The van der Waals surface area contributed by atoms with Crippen molar-refractivity contribution in [2.24, 2.45) is 5.41 Å². The van der Waals surface area contributed by atoms with Gasteiger partial charge < -0.3 is 19.5 Å². The van der Waals surface area contributed by atoms with E-state index in [9.17, 15) is 4.79 Å². The molecule has 1 aromatic heterocycles. The van der Waals surface area contributed by atoms with Gasteiger partial charge in [-0.3, -0.25) is 0 Å².